The molecule has 76 valence electrons. The number of hydrogen-bond acceptors (Lipinski definition) is 1. The van der Waals surface area contributed by atoms with Crippen molar-refractivity contribution in [1.29, 1.82) is 0 Å². The van der Waals surface area contributed by atoms with Gasteiger partial charge >= 0.3 is 0 Å². The van der Waals surface area contributed by atoms with Gasteiger partial charge in [-0.1, -0.05) is 35.2 Å². The molecule has 0 unspecified atom stereocenters. The summed E-state index contributed by atoms with van der Waals surface area (Å²) in [6, 6.07) is 7.31. The van der Waals surface area contributed by atoms with Crippen LogP contribution in [0.3, 0.4) is 0 Å². The summed E-state index contributed by atoms with van der Waals surface area (Å²) >= 11 is 0. The molecule has 1 rings (SSSR count). The highest BCUT2D eigenvalue weighted by atomic mass is 15.1. The maximum absolute atomic E-state index is 8.38. The zero-order chi connectivity index (χ0) is 11.3. The topological polar surface area (TPSA) is 48.8 Å². The quantitative estimate of drug-likeness (QED) is 0.284. The van der Waals surface area contributed by atoms with E-state index in [-0.39, 0.29) is 5.41 Å². The van der Waals surface area contributed by atoms with Crippen molar-refractivity contribution in [2.24, 2.45) is 10.5 Å². The molecular formula is C12H13N3. The van der Waals surface area contributed by atoms with Crippen LogP contribution in [0.2, 0.25) is 0 Å². The van der Waals surface area contributed by atoms with Crippen LogP contribution in [0.15, 0.2) is 29.4 Å². The monoisotopic (exact) mass is 199 g/mol. The molecule has 3 nitrogen and oxygen atoms in total. The van der Waals surface area contributed by atoms with Gasteiger partial charge in [-0.25, -0.2) is 0 Å². The Morgan fingerprint density at radius 3 is 2.53 bits per heavy atom. The normalized spacial score (nSPS) is 9.80. The van der Waals surface area contributed by atoms with Gasteiger partial charge < -0.3 is 0 Å². The van der Waals surface area contributed by atoms with Crippen LogP contribution in [0, 0.1) is 17.3 Å². The van der Waals surface area contributed by atoms with Crippen molar-refractivity contribution in [2.75, 3.05) is 0 Å². The molecule has 0 aromatic heterocycles. The molecule has 0 bridgehead atoms. The predicted octanol–water partition coefficient (Wildman–Crippen LogP) is 4.03. The van der Waals surface area contributed by atoms with Crippen LogP contribution in [0.4, 0.5) is 5.69 Å². The summed E-state index contributed by atoms with van der Waals surface area (Å²) in [7, 11) is 0. The maximum Gasteiger partial charge on any atom is 0.0531 e. The molecule has 0 aliphatic heterocycles. The van der Waals surface area contributed by atoms with Crippen molar-refractivity contribution < 1.29 is 0 Å². The second-order valence-corrected chi connectivity index (χ2v) is 4.21. The van der Waals surface area contributed by atoms with E-state index in [0.717, 1.165) is 5.56 Å². The van der Waals surface area contributed by atoms with Gasteiger partial charge in [0, 0.05) is 15.9 Å². The van der Waals surface area contributed by atoms with Crippen LogP contribution in [-0.2, 0) is 0 Å². The molecule has 0 atom stereocenters. The minimum absolute atomic E-state index is 0.0521. The van der Waals surface area contributed by atoms with Crippen LogP contribution in [-0.4, -0.2) is 0 Å². The van der Waals surface area contributed by atoms with Crippen LogP contribution in [0.1, 0.15) is 26.3 Å². The maximum atomic E-state index is 8.38. The summed E-state index contributed by atoms with van der Waals surface area (Å²) in [5.41, 5.74) is 9.68. The summed E-state index contributed by atoms with van der Waals surface area (Å²) in [5, 5.41) is 3.59. The summed E-state index contributed by atoms with van der Waals surface area (Å²) in [6.07, 6.45) is 0. The van der Waals surface area contributed by atoms with E-state index in [1.54, 1.807) is 6.07 Å². The largest absolute Gasteiger partial charge is 0.0919 e. The molecule has 1 aromatic rings. The lowest BCUT2D eigenvalue weighted by Gasteiger charge is -2.07. The van der Waals surface area contributed by atoms with E-state index in [1.165, 1.54) is 0 Å². The van der Waals surface area contributed by atoms with Gasteiger partial charge in [-0.05, 0) is 32.4 Å². The van der Waals surface area contributed by atoms with Crippen molar-refractivity contribution in [3.8, 4) is 11.8 Å². The van der Waals surface area contributed by atoms with E-state index < -0.39 is 0 Å². The van der Waals surface area contributed by atoms with E-state index in [4.69, 9.17) is 5.53 Å². The molecular weight excluding hydrogens is 186 g/mol. The molecule has 0 N–H and O–H groups in total. The Bertz CT molecular complexity index is 452. The fourth-order valence-corrected chi connectivity index (χ4v) is 0.970. The third-order valence-corrected chi connectivity index (χ3v) is 1.63. The molecule has 3 heteroatoms. The van der Waals surface area contributed by atoms with Crippen LogP contribution < -0.4 is 0 Å². The Morgan fingerprint density at radius 2 is 1.93 bits per heavy atom. The van der Waals surface area contributed by atoms with Crippen molar-refractivity contribution >= 4 is 5.69 Å². The molecule has 1 aromatic carbocycles. The van der Waals surface area contributed by atoms with E-state index in [1.807, 2.05) is 39.0 Å². The van der Waals surface area contributed by atoms with Gasteiger partial charge in [-0.3, -0.25) is 0 Å². The highest BCUT2D eigenvalue weighted by Gasteiger charge is 2.04. The average Bonchev–Trinajstić information content (AvgIpc) is 2.16. The van der Waals surface area contributed by atoms with E-state index in [2.05, 4.69) is 21.9 Å². The second-order valence-electron chi connectivity index (χ2n) is 4.21. The summed E-state index contributed by atoms with van der Waals surface area (Å²) < 4.78 is 0. The Labute approximate surface area is 89.8 Å². The van der Waals surface area contributed by atoms with Gasteiger partial charge in [0.05, 0.1) is 5.69 Å². The van der Waals surface area contributed by atoms with Gasteiger partial charge in [0.1, 0.15) is 0 Å². The van der Waals surface area contributed by atoms with Gasteiger partial charge in [0.25, 0.3) is 0 Å². The highest BCUT2D eigenvalue weighted by Crippen LogP contribution is 2.18. The molecule has 0 fully saturated rings. The summed E-state index contributed by atoms with van der Waals surface area (Å²) in [4.78, 5) is 2.77. The van der Waals surface area contributed by atoms with E-state index in [9.17, 15) is 0 Å². The molecule has 0 saturated carbocycles. The minimum atomic E-state index is -0.0521. The Hall–Kier alpha value is -1.91. The lowest BCUT2D eigenvalue weighted by molar-refractivity contribution is 0.571. The standard InChI is InChI=1S/C12H13N3/c1-12(2,3)9-8-10-6-4-5-7-11(10)14-15-13/h4-7H,1-3H3. The van der Waals surface area contributed by atoms with Crippen LogP contribution in [0.25, 0.3) is 10.4 Å². The number of hydrogen-bond donors (Lipinski definition) is 0. The third-order valence-electron chi connectivity index (χ3n) is 1.63. The van der Waals surface area contributed by atoms with Gasteiger partial charge in [-0.2, -0.15) is 0 Å². The highest BCUT2D eigenvalue weighted by molar-refractivity contribution is 5.55. The predicted molar refractivity (Wildman–Crippen MR) is 61.6 cm³/mol. The van der Waals surface area contributed by atoms with Crippen LogP contribution >= 0.6 is 0 Å². The molecule has 0 radical (unpaired) electrons. The number of azide groups is 1. The van der Waals surface area contributed by atoms with Crippen LogP contribution in [0.5, 0.6) is 0 Å². The first-order valence-electron chi connectivity index (χ1n) is 4.70. The first-order valence-corrected chi connectivity index (χ1v) is 4.70. The lowest BCUT2D eigenvalue weighted by Crippen LogP contribution is -1.99. The molecule has 0 aliphatic rings. The summed E-state index contributed by atoms with van der Waals surface area (Å²) in [6.45, 7) is 6.11. The molecule has 15 heavy (non-hydrogen) atoms. The van der Waals surface area contributed by atoms with Gasteiger partial charge in [0.15, 0.2) is 0 Å². The number of benzene rings is 1. The fraction of sp³-hybridized carbons (Fsp3) is 0.333. The van der Waals surface area contributed by atoms with E-state index >= 15 is 0 Å². The van der Waals surface area contributed by atoms with E-state index in [0.29, 0.717) is 5.69 Å². The first kappa shape index (κ1) is 11.2. The summed E-state index contributed by atoms with van der Waals surface area (Å²) in [5.74, 6) is 6.13. The smallest absolute Gasteiger partial charge is 0.0531 e. The first-order chi connectivity index (χ1) is 7.03. The van der Waals surface area contributed by atoms with Crippen molar-refractivity contribution in [1.82, 2.24) is 0 Å². The lowest BCUT2D eigenvalue weighted by atomic mass is 9.97. The zero-order valence-electron chi connectivity index (χ0n) is 9.15. The zero-order valence-corrected chi connectivity index (χ0v) is 9.15. The Balaban J connectivity index is 3.13. The Kier molecular flexibility index (Phi) is 3.38. The fourth-order valence-electron chi connectivity index (χ4n) is 0.970. The Morgan fingerprint density at radius 1 is 1.27 bits per heavy atom. The number of nitrogens with zero attached hydrogens (tertiary/aromatic N) is 3. The van der Waals surface area contributed by atoms with Crippen molar-refractivity contribution in [2.45, 2.75) is 20.8 Å². The molecule has 0 aliphatic carbocycles. The SMILES string of the molecule is CC(C)(C)C#Cc1ccccc1N=[N+]=[N-]. The molecule has 0 spiro atoms. The molecule has 0 saturated heterocycles. The second kappa shape index (κ2) is 4.54. The van der Waals surface area contributed by atoms with Crippen molar-refractivity contribution in [3.05, 3.63) is 40.3 Å². The molecule has 0 amide bonds. The third kappa shape index (κ3) is 3.76. The van der Waals surface area contributed by atoms with Gasteiger partial charge in [0.2, 0.25) is 0 Å². The number of rotatable bonds is 1. The van der Waals surface area contributed by atoms with Gasteiger partial charge in [-0.15, -0.1) is 0 Å². The minimum Gasteiger partial charge on any atom is -0.0919 e. The van der Waals surface area contributed by atoms with Crippen molar-refractivity contribution in [3.63, 3.8) is 0 Å². The molecule has 0 heterocycles. The average molecular weight is 199 g/mol.